The highest BCUT2D eigenvalue weighted by atomic mass is 35.5. The van der Waals surface area contributed by atoms with Crippen molar-refractivity contribution in [1.82, 2.24) is 19.5 Å². The molecule has 0 saturated carbocycles. The molecule has 2 aromatic rings. The van der Waals surface area contributed by atoms with Crippen LogP contribution in [0.1, 0.15) is 61.6 Å². The van der Waals surface area contributed by atoms with Crippen molar-refractivity contribution in [2.75, 3.05) is 6.61 Å². The number of imidazole rings is 1. The molecule has 34 heavy (non-hydrogen) atoms. The molecule has 2 aliphatic rings. The van der Waals surface area contributed by atoms with Gasteiger partial charge in [-0.1, -0.05) is 67.0 Å². The van der Waals surface area contributed by atoms with Gasteiger partial charge in [-0.25, -0.2) is 15.0 Å². The molecular formula is C22H37ClN4O5Si2. The van der Waals surface area contributed by atoms with E-state index in [9.17, 15) is 5.11 Å². The Morgan fingerprint density at radius 2 is 1.59 bits per heavy atom. The van der Waals surface area contributed by atoms with Crippen molar-refractivity contribution in [3.63, 3.8) is 0 Å². The number of ether oxygens (including phenoxy) is 1. The van der Waals surface area contributed by atoms with E-state index in [-0.39, 0.29) is 27.3 Å². The molecule has 4 rings (SSSR count). The Morgan fingerprint density at radius 3 is 2.18 bits per heavy atom. The molecule has 1 N–H and O–H groups in total. The molecule has 4 atom stereocenters. The summed E-state index contributed by atoms with van der Waals surface area (Å²) in [7, 11) is -5.54. The average Bonchev–Trinajstić information content (AvgIpc) is 3.29. The van der Waals surface area contributed by atoms with Crippen molar-refractivity contribution >= 4 is 39.9 Å². The van der Waals surface area contributed by atoms with Gasteiger partial charge in [0.1, 0.15) is 30.2 Å². The van der Waals surface area contributed by atoms with E-state index >= 15 is 0 Å². The van der Waals surface area contributed by atoms with Gasteiger partial charge in [-0.2, -0.15) is 0 Å². The third-order valence-electron chi connectivity index (χ3n) is 7.23. The fourth-order valence-electron chi connectivity index (χ4n) is 5.38. The van der Waals surface area contributed by atoms with Crippen molar-refractivity contribution in [3.8, 4) is 0 Å². The Morgan fingerprint density at radius 1 is 0.971 bits per heavy atom. The summed E-state index contributed by atoms with van der Waals surface area (Å²) in [5.41, 5.74) is 1.74. The SMILES string of the molecule is CC(C)[Si]1(C(C)C)OC[C@H]2O[C@@H](n3cnc4c(Cl)ncnc43)[C@@H](O)C2O[Si](C(C)C)(C(C)C)O1. The minimum absolute atomic E-state index is 0.158. The molecule has 12 heteroatoms. The zero-order valence-electron chi connectivity index (χ0n) is 21.2. The molecule has 0 aromatic carbocycles. The standard InChI is InChI=1S/C22H37ClN4O5Si2/c1-12(2)33(13(3)4)29-9-16-19(31-34(32-33,14(5)6)15(7)8)18(28)22(30-16)27-11-26-17-20(23)24-10-25-21(17)27/h10-16,18-19,22,28H,9H2,1-8H3/t16-,18+,19?,22-/m1/s1. The van der Waals surface area contributed by atoms with Crippen LogP contribution in [0.25, 0.3) is 11.2 Å². The maximum atomic E-state index is 11.5. The molecule has 0 radical (unpaired) electrons. The van der Waals surface area contributed by atoms with Gasteiger partial charge in [0.05, 0.1) is 12.9 Å². The van der Waals surface area contributed by atoms with Gasteiger partial charge in [0.25, 0.3) is 0 Å². The molecule has 2 aromatic heterocycles. The number of hydrogen-bond donors (Lipinski definition) is 1. The maximum Gasteiger partial charge on any atom is 0.335 e. The summed E-state index contributed by atoms with van der Waals surface area (Å²) in [4.78, 5) is 12.7. The summed E-state index contributed by atoms with van der Waals surface area (Å²) in [5.74, 6) is 0. The second-order valence-corrected chi connectivity index (χ2v) is 19.8. The van der Waals surface area contributed by atoms with Crippen LogP contribution in [0.4, 0.5) is 0 Å². The third-order valence-corrected chi connectivity index (χ3v) is 17.8. The summed E-state index contributed by atoms with van der Waals surface area (Å²) in [5, 5.41) is 11.7. The van der Waals surface area contributed by atoms with E-state index in [4.69, 9.17) is 29.3 Å². The van der Waals surface area contributed by atoms with E-state index in [0.717, 1.165) is 0 Å². The number of aromatic nitrogens is 4. The lowest BCUT2D eigenvalue weighted by Gasteiger charge is -2.51. The normalized spacial score (nSPS) is 29.2. The Balaban J connectivity index is 1.77. The minimum atomic E-state index is -2.86. The van der Waals surface area contributed by atoms with E-state index < -0.39 is 41.7 Å². The Kier molecular flexibility index (Phi) is 7.31. The van der Waals surface area contributed by atoms with Crippen LogP contribution >= 0.6 is 11.6 Å². The minimum Gasteiger partial charge on any atom is -0.414 e. The van der Waals surface area contributed by atoms with Gasteiger partial charge in [-0.15, -0.1) is 0 Å². The number of hydrogen-bond acceptors (Lipinski definition) is 8. The topological polar surface area (TPSA) is 101 Å². The summed E-state index contributed by atoms with van der Waals surface area (Å²) in [6.07, 6.45) is 0.205. The predicted octanol–water partition coefficient (Wildman–Crippen LogP) is 4.69. The molecular weight excluding hydrogens is 492 g/mol. The Hall–Kier alpha value is -0.926. The largest absolute Gasteiger partial charge is 0.414 e. The maximum absolute atomic E-state index is 11.5. The molecule has 2 saturated heterocycles. The van der Waals surface area contributed by atoms with Crippen LogP contribution in [0.3, 0.4) is 0 Å². The highest BCUT2D eigenvalue weighted by molar-refractivity contribution is 6.84. The lowest BCUT2D eigenvalue weighted by Crippen LogP contribution is -2.65. The van der Waals surface area contributed by atoms with Crippen LogP contribution in [0.5, 0.6) is 0 Å². The molecule has 9 nitrogen and oxygen atoms in total. The number of rotatable bonds is 5. The monoisotopic (exact) mass is 528 g/mol. The first-order valence-electron chi connectivity index (χ1n) is 12.1. The molecule has 0 aliphatic carbocycles. The van der Waals surface area contributed by atoms with Crippen LogP contribution in [0.2, 0.25) is 27.3 Å². The summed E-state index contributed by atoms with van der Waals surface area (Å²) >= 11 is 6.19. The quantitative estimate of drug-likeness (QED) is 0.440. The van der Waals surface area contributed by atoms with Gasteiger partial charge in [-0.05, 0) is 22.2 Å². The van der Waals surface area contributed by atoms with Crippen molar-refractivity contribution in [2.24, 2.45) is 0 Å². The zero-order chi connectivity index (χ0) is 25.0. The number of halogens is 1. The number of nitrogens with zero attached hydrogens (tertiary/aromatic N) is 4. The molecule has 0 spiro atoms. The fraction of sp³-hybridized carbons (Fsp3) is 0.773. The van der Waals surface area contributed by atoms with Crippen molar-refractivity contribution < 1.29 is 22.8 Å². The molecule has 0 amide bonds. The first-order valence-corrected chi connectivity index (χ1v) is 16.4. The van der Waals surface area contributed by atoms with Crippen LogP contribution in [-0.4, -0.2) is 66.7 Å². The molecule has 190 valence electrons. The second kappa shape index (κ2) is 9.51. The smallest absolute Gasteiger partial charge is 0.335 e. The van der Waals surface area contributed by atoms with Crippen LogP contribution in [0, 0.1) is 0 Å². The number of fused-ring (bicyclic) bond motifs is 2. The number of aliphatic hydroxyl groups is 1. The lowest BCUT2D eigenvalue weighted by atomic mass is 10.1. The van der Waals surface area contributed by atoms with Crippen molar-refractivity contribution in [1.29, 1.82) is 0 Å². The summed E-state index contributed by atoms with van der Waals surface area (Å²) in [6.45, 7) is 17.6. The number of aliphatic hydroxyl groups excluding tert-OH is 1. The van der Waals surface area contributed by atoms with Gasteiger partial charge < -0.3 is 22.8 Å². The zero-order valence-corrected chi connectivity index (χ0v) is 24.0. The average molecular weight is 529 g/mol. The van der Waals surface area contributed by atoms with Crippen LogP contribution < -0.4 is 0 Å². The predicted molar refractivity (Wildman–Crippen MR) is 134 cm³/mol. The van der Waals surface area contributed by atoms with E-state index in [1.807, 2.05) is 0 Å². The van der Waals surface area contributed by atoms with Crippen LogP contribution in [-0.2, 0) is 17.7 Å². The Labute approximate surface area is 208 Å². The van der Waals surface area contributed by atoms with Gasteiger partial charge in [0.15, 0.2) is 17.0 Å². The molecule has 4 heterocycles. The third kappa shape index (κ3) is 4.07. The van der Waals surface area contributed by atoms with Crippen LogP contribution in [0.15, 0.2) is 12.7 Å². The van der Waals surface area contributed by atoms with E-state index in [2.05, 4.69) is 70.3 Å². The Bertz CT molecular complexity index is 1000. The van der Waals surface area contributed by atoms with Gasteiger partial charge in [0.2, 0.25) is 0 Å². The highest BCUT2D eigenvalue weighted by Gasteiger charge is 2.61. The van der Waals surface area contributed by atoms with Crippen molar-refractivity contribution in [3.05, 3.63) is 17.8 Å². The first kappa shape index (κ1) is 26.1. The van der Waals surface area contributed by atoms with Gasteiger partial charge >= 0.3 is 17.1 Å². The van der Waals surface area contributed by atoms with Crippen molar-refractivity contribution in [2.45, 2.75) is 102 Å². The lowest BCUT2D eigenvalue weighted by molar-refractivity contribution is -0.0570. The molecule has 0 bridgehead atoms. The van der Waals surface area contributed by atoms with Gasteiger partial charge in [-0.3, -0.25) is 4.57 Å². The highest BCUT2D eigenvalue weighted by Crippen LogP contribution is 2.48. The van der Waals surface area contributed by atoms with Gasteiger partial charge in [0, 0.05) is 0 Å². The first-order chi connectivity index (χ1) is 15.9. The van der Waals surface area contributed by atoms with E-state index in [1.54, 1.807) is 10.9 Å². The second-order valence-electron chi connectivity index (χ2n) is 10.6. The summed E-state index contributed by atoms with van der Waals surface area (Å²) < 4.78 is 29.0. The fourth-order valence-corrected chi connectivity index (χ4v) is 16.8. The van der Waals surface area contributed by atoms with E-state index in [0.29, 0.717) is 17.8 Å². The molecule has 2 fully saturated rings. The van der Waals surface area contributed by atoms with E-state index in [1.165, 1.54) is 6.33 Å². The molecule has 1 unspecified atom stereocenters. The molecule has 2 aliphatic heterocycles. The summed E-state index contributed by atoms with van der Waals surface area (Å²) in [6, 6.07) is 0.